The summed E-state index contributed by atoms with van der Waals surface area (Å²) in [5, 5.41) is 26.0. The zero-order chi connectivity index (χ0) is 27.9. The number of nitrogens with zero attached hydrogens (tertiary/aromatic N) is 3. The van der Waals surface area contributed by atoms with E-state index in [1.807, 2.05) is 30.3 Å². The van der Waals surface area contributed by atoms with Crippen LogP contribution in [0.1, 0.15) is 68.1 Å². The van der Waals surface area contributed by atoms with Crippen LogP contribution in [0.25, 0.3) is 10.9 Å². The van der Waals surface area contributed by atoms with Gasteiger partial charge in [-0.2, -0.15) is 0 Å². The number of piperidine rings is 1. The highest BCUT2D eigenvalue weighted by molar-refractivity contribution is 6.07. The minimum Gasteiger partial charge on any atom is -0.465 e. The number of pyridine rings is 1. The topological polar surface area (TPSA) is 118 Å². The number of benzene rings is 1. The third kappa shape index (κ3) is 7.63. The number of fused-ring (bicyclic) bond motifs is 1. The van der Waals surface area contributed by atoms with E-state index in [1.165, 1.54) is 12.8 Å². The molecule has 3 heterocycles. The quantitative estimate of drug-likeness (QED) is 0.351. The molecule has 5 rings (SSSR count). The number of aliphatic hydroxyl groups excluding tert-OH is 1. The fourth-order valence-electron chi connectivity index (χ4n) is 6.84. The number of hydrogen-bond donors (Lipinski definition) is 4. The lowest BCUT2D eigenvalue weighted by Gasteiger charge is -2.34. The summed E-state index contributed by atoms with van der Waals surface area (Å²) in [6.07, 6.45) is 8.15. The number of carbonyl (C=O) groups excluding carboxylic acids is 1. The van der Waals surface area contributed by atoms with Gasteiger partial charge < -0.3 is 30.6 Å². The second kappa shape index (κ2) is 13.6. The minimum absolute atomic E-state index is 0.0607. The molecule has 1 atom stereocenters. The van der Waals surface area contributed by atoms with Gasteiger partial charge in [-0.15, -0.1) is 0 Å². The Morgan fingerprint density at radius 1 is 0.900 bits per heavy atom. The maximum atomic E-state index is 13.4. The molecule has 2 aliphatic heterocycles. The molecular formula is C31H45N5O4. The van der Waals surface area contributed by atoms with Crippen molar-refractivity contribution in [2.75, 3.05) is 50.7 Å². The molecule has 1 unspecified atom stereocenters. The van der Waals surface area contributed by atoms with Gasteiger partial charge in [0.05, 0.1) is 17.2 Å². The maximum Gasteiger partial charge on any atom is 0.404 e. The average Bonchev–Trinajstić information content (AvgIpc) is 3.48. The Morgan fingerprint density at radius 3 is 2.23 bits per heavy atom. The summed E-state index contributed by atoms with van der Waals surface area (Å²) >= 11 is 0. The molecule has 1 aromatic carbocycles. The highest BCUT2D eigenvalue weighted by Crippen LogP contribution is 2.30. The van der Waals surface area contributed by atoms with Gasteiger partial charge in [-0.05, 0) is 101 Å². The zero-order valence-electron chi connectivity index (χ0n) is 23.6. The van der Waals surface area contributed by atoms with E-state index in [9.17, 15) is 14.7 Å². The Balaban J connectivity index is 1.16. The molecule has 218 valence electrons. The largest absolute Gasteiger partial charge is 0.465 e. The highest BCUT2D eigenvalue weighted by Gasteiger charge is 2.26. The van der Waals surface area contributed by atoms with Gasteiger partial charge in [0.25, 0.3) is 5.91 Å². The molecule has 1 aromatic heterocycles. The summed E-state index contributed by atoms with van der Waals surface area (Å²) in [5.41, 5.74) is 1.50. The Labute approximate surface area is 237 Å². The lowest BCUT2D eigenvalue weighted by atomic mass is 9.82. The van der Waals surface area contributed by atoms with E-state index in [-0.39, 0.29) is 12.0 Å². The fraction of sp³-hybridized carbons (Fsp3) is 0.645. The van der Waals surface area contributed by atoms with Crippen LogP contribution in [-0.4, -0.2) is 84.0 Å². The van der Waals surface area contributed by atoms with Crippen LogP contribution >= 0.6 is 0 Å². The number of hydrogen-bond acceptors (Lipinski definition) is 6. The van der Waals surface area contributed by atoms with Crippen molar-refractivity contribution in [3.05, 3.63) is 35.9 Å². The smallest absolute Gasteiger partial charge is 0.404 e. The first kappa shape index (κ1) is 28.6. The van der Waals surface area contributed by atoms with Crippen molar-refractivity contribution in [3.63, 3.8) is 0 Å². The number of likely N-dealkylation sites (tertiary alicyclic amines) is 1. The molecule has 3 aliphatic rings. The van der Waals surface area contributed by atoms with Crippen LogP contribution in [0.5, 0.6) is 0 Å². The maximum absolute atomic E-state index is 13.4. The summed E-state index contributed by atoms with van der Waals surface area (Å²) < 4.78 is 0. The van der Waals surface area contributed by atoms with E-state index in [0.717, 1.165) is 94.4 Å². The van der Waals surface area contributed by atoms with E-state index >= 15 is 0 Å². The van der Waals surface area contributed by atoms with E-state index in [0.29, 0.717) is 36.4 Å². The standard InChI is InChI=1S/C31H45N5O4/c37-25(21-35-13-3-4-14-35)17-22-11-15-36(16-12-22)29-18-27(26-5-1-2-6-28(26)34-29)30(38)32-19-23-7-9-24(10-8-23)20-33-31(39)40/h1-2,5-6,18,22-25,33,37H,3-4,7-17,19-21H2,(H,32,38)(H,39,40)/t23-,24-,25?. The molecule has 2 aromatic rings. The van der Waals surface area contributed by atoms with E-state index < -0.39 is 6.09 Å². The monoisotopic (exact) mass is 551 g/mol. The number of nitrogens with one attached hydrogen (secondary N) is 2. The van der Waals surface area contributed by atoms with Gasteiger partial charge in [0.1, 0.15) is 5.82 Å². The number of aromatic nitrogens is 1. The molecule has 40 heavy (non-hydrogen) atoms. The lowest BCUT2D eigenvalue weighted by Crippen LogP contribution is -2.37. The highest BCUT2D eigenvalue weighted by atomic mass is 16.4. The first-order chi connectivity index (χ1) is 19.4. The van der Waals surface area contributed by atoms with Gasteiger partial charge in [-0.25, -0.2) is 9.78 Å². The molecule has 0 spiro atoms. The molecule has 0 bridgehead atoms. The number of carboxylic acid groups (broad SMARTS) is 1. The first-order valence-corrected chi connectivity index (χ1v) is 15.2. The van der Waals surface area contributed by atoms with Crippen LogP contribution in [0.15, 0.2) is 30.3 Å². The molecule has 0 radical (unpaired) electrons. The third-order valence-corrected chi connectivity index (χ3v) is 9.22. The van der Waals surface area contributed by atoms with Crippen LogP contribution in [0.3, 0.4) is 0 Å². The van der Waals surface area contributed by atoms with Crippen LogP contribution in [-0.2, 0) is 0 Å². The van der Waals surface area contributed by atoms with Crippen LogP contribution in [0.4, 0.5) is 10.6 Å². The van der Waals surface area contributed by atoms with E-state index in [2.05, 4.69) is 20.4 Å². The molecule has 2 amide bonds. The van der Waals surface area contributed by atoms with Crippen molar-refractivity contribution >= 4 is 28.7 Å². The number of para-hydroxylation sites is 1. The summed E-state index contributed by atoms with van der Waals surface area (Å²) in [7, 11) is 0. The number of rotatable bonds is 10. The van der Waals surface area contributed by atoms with Gasteiger partial charge >= 0.3 is 6.09 Å². The number of β-amino-alcohol motifs (C(OH)–C–C–N with tert-alkyl or cyclic N) is 1. The van der Waals surface area contributed by atoms with Crippen LogP contribution in [0, 0.1) is 17.8 Å². The Morgan fingerprint density at radius 2 is 1.55 bits per heavy atom. The summed E-state index contributed by atoms with van der Waals surface area (Å²) in [4.78, 5) is 33.8. The van der Waals surface area contributed by atoms with Crippen molar-refractivity contribution < 1.29 is 19.8 Å². The SMILES string of the molecule is O=C(O)NC[C@H]1CC[C@H](CNC(=O)c2cc(N3CCC(CC(O)CN4CCCC4)CC3)nc3ccccc23)CC1. The first-order valence-electron chi connectivity index (χ1n) is 15.2. The minimum atomic E-state index is -0.963. The Kier molecular flexibility index (Phi) is 9.75. The van der Waals surface area contributed by atoms with Gasteiger partial charge in [0, 0.05) is 38.1 Å². The lowest BCUT2D eigenvalue weighted by molar-refractivity contribution is 0.0940. The predicted octanol–water partition coefficient (Wildman–Crippen LogP) is 4.10. The normalized spacial score (nSPS) is 23.3. The summed E-state index contributed by atoms with van der Waals surface area (Å²) in [5.74, 6) is 2.11. The third-order valence-electron chi connectivity index (χ3n) is 9.22. The van der Waals surface area contributed by atoms with Gasteiger partial charge in [0.15, 0.2) is 0 Å². The zero-order valence-corrected chi connectivity index (χ0v) is 23.6. The van der Waals surface area contributed by atoms with Gasteiger partial charge in [0.2, 0.25) is 0 Å². The molecule has 9 heteroatoms. The Hall–Kier alpha value is -2.91. The molecule has 9 nitrogen and oxygen atoms in total. The summed E-state index contributed by atoms with van der Waals surface area (Å²) in [6.45, 7) is 5.94. The molecule has 1 saturated carbocycles. The molecule has 4 N–H and O–H groups in total. The average molecular weight is 552 g/mol. The second-order valence-corrected chi connectivity index (χ2v) is 12.2. The van der Waals surface area contributed by atoms with Gasteiger partial charge in [-0.3, -0.25) is 4.79 Å². The molecule has 2 saturated heterocycles. The Bertz CT molecular complexity index is 1140. The van der Waals surface area contributed by atoms with Crippen molar-refractivity contribution in [1.29, 1.82) is 0 Å². The number of aliphatic hydroxyl groups is 1. The molecule has 1 aliphatic carbocycles. The number of amides is 2. The number of anilines is 1. The second-order valence-electron chi connectivity index (χ2n) is 12.2. The predicted molar refractivity (Wildman–Crippen MR) is 157 cm³/mol. The summed E-state index contributed by atoms with van der Waals surface area (Å²) in [6, 6.07) is 9.81. The van der Waals surface area contributed by atoms with Crippen LogP contribution in [0.2, 0.25) is 0 Å². The fourth-order valence-corrected chi connectivity index (χ4v) is 6.84. The van der Waals surface area contributed by atoms with Crippen LogP contribution < -0.4 is 15.5 Å². The van der Waals surface area contributed by atoms with E-state index in [1.54, 1.807) is 0 Å². The van der Waals surface area contributed by atoms with Gasteiger partial charge in [-0.1, -0.05) is 18.2 Å². The van der Waals surface area contributed by atoms with Crippen molar-refractivity contribution in [2.45, 2.75) is 63.9 Å². The van der Waals surface area contributed by atoms with E-state index in [4.69, 9.17) is 10.1 Å². The van der Waals surface area contributed by atoms with Crippen molar-refractivity contribution in [2.24, 2.45) is 17.8 Å². The van der Waals surface area contributed by atoms with Crippen molar-refractivity contribution in [3.8, 4) is 0 Å². The number of carbonyl (C=O) groups is 2. The van der Waals surface area contributed by atoms with Crippen molar-refractivity contribution in [1.82, 2.24) is 20.5 Å². The molecular weight excluding hydrogens is 506 g/mol. The molecule has 3 fully saturated rings.